The van der Waals surface area contributed by atoms with Crippen molar-refractivity contribution in [2.45, 2.75) is 44.4 Å². The molecule has 5 heteroatoms. The van der Waals surface area contributed by atoms with Gasteiger partial charge in [-0.25, -0.2) is 9.78 Å². The Morgan fingerprint density at radius 3 is 2.84 bits per heavy atom. The first kappa shape index (κ1) is 14.5. The molecule has 1 aliphatic carbocycles. The second kappa shape index (κ2) is 7.60. The molecule has 0 saturated heterocycles. The van der Waals surface area contributed by atoms with E-state index in [2.05, 4.69) is 4.98 Å². The van der Waals surface area contributed by atoms with E-state index in [4.69, 9.17) is 9.47 Å². The van der Waals surface area contributed by atoms with Gasteiger partial charge in [0, 0.05) is 19.6 Å². The Balaban J connectivity index is 1.83. The van der Waals surface area contributed by atoms with Gasteiger partial charge in [0.25, 0.3) is 0 Å². The van der Waals surface area contributed by atoms with Gasteiger partial charge in [-0.05, 0) is 25.7 Å². The van der Waals surface area contributed by atoms with E-state index in [-0.39, 0.29) is 5.97 Å². The molecule has 106 valence electrons. The number of thiazole rings is 1. The average molecular weight is 283 g/mol. The fourth-order valence-electron chi connectivity index (χ4n) is 2.48. The molecule has 1 aromatic rings. The number of carbonyl (C=O) groups is 1. The van der Waals surface area contributed by atoms with Crippen LogP contribution in [0.25, 0.3) is 0 Å². The molecule has 0 bridgehead atoms. The van der Waals surface area contributed by atoms with Crippen LogP contribution in [0.15, 0.2) is 5.51 Å². The van der Waals surface area contributed by atoms with Gasteiger partial charge in [0.05, 0.1) is 17.8 Å². The monoisotopic (exact) mass is 283 g/mol. The highest BCUT2D eigenvalue weighted by Gasteiger charge is 2.25. The van der Waals surface area contributed by atoms with E-state index in [9.17, 15) is 4.79 Å². The summed E-state index contributed by atoms with van der Waals surface area (Å²) >= 11 is 1.40. The molecule has 1 heterocycles. The molecule has 1 aliphatic rings. The molecule has 0 spiro atoms. The summed E-state index contributed by atoms with van der Waals surface area (Å²) in [6.07, 6.45) is 6.55. The van der Waals surface area contributed by atoms with E-state index < -0.39 is 0 Å². The zero-order valence-electron chi connectivity index (χ0n) is 11.4. The van der Waals surface area contributed by atoms with Gasteiger partial charge in [0.15, 0.2) is 0 Å². The summed E-state index contributed by atoms with van der Waals surface area (Å²) in [6.45, 7) is 1.18. The summed E-state index contributed by atoms with van der Waals surface area (Å²) in [7, 11) is 1.68. The van der Waals surface area contributed by atoms with Crippen molar-refractivity contribution in [1.82, 2.24) is 4.98 Å². The topological polar surface area (TPSA) is 48.4 Å². The second-order valence-electron chi connectivity index (χ2n) is 4.88. The first-order valence-electron chi connectivity index (χ1n) is 6.92. The van der Waals surface area contributed by atoms with E-state index >= 15 is 0 Å². The zero-order chi connectivity index (χ0) is 13.5. The summed E-state index contributed by atoms with van der Waals surface area (Å²) in [5, 5.41) is 0. The van der Waals surface area contributed by atoms with E-state index in [1.54, 1.807) is 12.6 Å². The molecule has 0 amide bonds. The second-order valence-corrected chi connectivity index (χ2v) is 5.74. The number of nitrogens with zero attached hydrogens (tertiary/aromatic N) is 1. The van der Waals surface area contributed by atoms with Crippen LogP contribution in [0.4, 0.5) is 0 Å². The van der Waals surface area contributed by atoms with Crippen molar-refractivity contribution >= 4 is 17.3 Å². The molecule has 1 saturated carbocycles. The lowest BCUT2D eigenvalue weighted by atomic mass is 10.0. The molecule has 4 nitrogen and oxygen atoms in total. The van der Waals surface area contributed by atoms with Crippen LogP contribution >= 0.6 is 11.3 Å². The highest BCUT2D eigenvalue weighted by atomic mass is 32.1. The van der Waals surface area contributed by atoms with Gasteiger partial charge in [-0.2, -0.15) is 0 Å². The number of ether oxygens (including phenoxy) is 2. The van der Waals surface area contributed by atoms with Crippen molar-refractivity contribution < 1.29 is 14.3 Å². The summed E-state index contributed by atoms with van der Waals surface area (Å²) in [5.74, 6) is 0.254. The minimum Gasteiger partial charge on any atom is -0.461 e. The maximum Gasteiger partial charge on any atom is 0.350 e. The number of hydrogen-bond acceptors (Lipinski definition) is 5. The predicted octanol–water partition coefficient (Wildman–Crippen LogP) is 3.38. The van der Waals surface area contributed by atoms with Gasteiger partial charge in [-0.3, -0.25) is 0 Å². The van der Waals surface area contributed by atoms with Crippen LogP contribution in [0.5, 0.6) is 0 Å². The number of rotatable bonds is 7. The Morgan fingerprint density at radius 1 is 1.37 bits per heavy atom. The van der Waals surface area contributed by atoms with Crippen LogP contribution in [0.2, 0.25) is 0 Å². The Morgan fingerprint density at radius 2 is 2.11 bits per heavy atom. The van der Waals surface area contributed by atoms with Crippen molar-refractivity contribution in [1.29, 1.82) is 0 Å². The first-order chi connectivity index (χ1) is 9.33. The molecule has 0 unspecified atom stereocenters. The van der Waals surface area contributed by atoms with Crippen molar-refractivity contribution in [2.75, 3.05) is 20.3 Å². The lowest BCUT2D eigenvalue weighted by molar-refractivity contribution is 0.0493. The first-order valence-corrected chi connectivity index (χ1v) is 7.80. The third-order valence-electron chi connectivity index (χ3n) is 3.50. The van der Waals surface area contributed by atoms with Crippen LogP contribution in [-0.2, 0) is 9.47 Å². The number of methoxy groups -OCH3 is 1. The number of carbonyl (C=O) groups excluding carboxylic acids is 1. The van der Waals surface area contributed by atoms with Crippen LogP contribution in [0.3, 0.4) is 0 Å². The minimum absolute atomic E-state index is 0.207. The van der Waals surface area contributed by atoms with Gasteiger partial charge >= 0.3 is 5.97 Å². The van der Waals surface area contributed by atoms with Crippen LogP contribution in [0.1, 0.15) is 59.8 Å². The SMILES string of the molecule is COCCCCOC(=O)c1scnc1C1CCCC1. The lowest BCUT2D eigenvalue weighted by Crippen LogP contribution is -2.09. The number of esters is 1. The summed E-state index contributed by atoms with van der Waals surface area (Å²) in [6, 6.07) is 0. The molecule has 1 fully saturated rings. The average Bonchev–Trinajstić information content (AvgIpc) is 3.08. The van der Waals surface area contributed by atoms with E-state index in [1.165, 1.54) is 24.2 Å². The maximum absolute atomic E-state index is 12.0. The third kappa shape index (κ3) is 4.01. The summed E-state index contributed by atoms with van der Waals surface area (Å²) in [4.78, 5) is 17.1. The zero-order valence-corrected chi connectivity index (χ0v) is 12.2. The van der Waals surface area contributed by atoms with Crippen LogP contribution in [0, 0.1) is 0 Å². The summed E-state index contributed by atoms with van der Waals surface area (Å²) < 4.78 is 10.3. The van der Waals surface area contributed by atoms with E-state index in [0.29, 0.717) is 24.0 Å². The molecule has 0 radical (unpaired) electrons. The van der Waals surface area contributed by atoms with Crippen LogP contribution < -0.4 is 0 Å². The molecule has 2 rings (SSSR count). The molecule has 0 N–H and O–H groups in total. The number of aromatic nitrogens is 1. The molecule has 1 aromatic heterocycles. The van der Waals surface area contributed by atoms with Gasteiger partial charge in [0.2, 0.25) is 0 Å². The fraction of sp³-hybridized carbons (Fsp3) is 0.714. The van der Waals surface area contributed by atoms with Crippen LogP contribution in [-0.4, -0.2) is 31.3 Å². The van der Waals surface area contributed by atoms with Gasteiger partial charge in [-0.15, -0.1) is 11.3 Å². The van der Waals surface area contributed by atoms with E-state index in [0.717, 1.165) is 31.4 Å². The quantitative estimate of drug-likeness (QED) is 0.568. The van der Waals surface area contributed by atoms with Gasteiger partial charge in [-0.1, -0.05) is 12.8 Å². The standard InChI is InChI=1S/C14H21NO3S/c1-17-8-4-5-9-18-14(16)13-12(15-10-19-13)11-6-2-3-7-11/h10-11H,2-9H2,1H3. The largest absolute Gasteiger partial charge is 0.461 e. The smallest absolute Gasteiger partial charge is 0.350 e. The predicted molar refractivity (Wildman–Crippen MR) is 74.7 cm³/mol. The normalized spacial score (nSPS) is 15.8. The molecule has 19 heavy (non-hydrogen) atoms. The molecule has 0 aromatic carbocycles. The minimum atomic E-state index is -0.207. The van der Waals surface area contributed by atoms with Gasteiger partial charge in [0.1, 0.15) is 4.88 Å². The summed E-state index contributed by atoms with van der Waals surface area (Å²) in [5.41, 5.74) is 2.72. The molecule has 0 aliphatic heterocycles. The van der Waals surface area contributed by atoms with Crippen molar-refractivity contribution in [3.63, 3.8) is 0 Å². The Hall–Kier alpha value is -0.940. The molecule has 0 atom stereocenters. The lowest BCUT2D eigenvalue weighted by Gasteiger charge is -2.08. The number of unbranched alkanes of at least 4 members (excludes halogenated alkanes) is 1. The Kier molecular flexibility index (Phi) is 5.79. The Bertz CT molecular complexity index is 399. The third-order valence-corrected chi connectivity index (χ3v) is 4.32. The molecular formula is C14H21NO3S. The highest BCUT2D eigenvalue weighted by molar-refractivity contribution is 7.11. The van der Waals surface area contributed by atoms with Crippen molar-refractivity contribution in [3.8, 4) is 0 Å². The fourth-order valence-corrected chi connectivity index (χ4v) is 3.24. The van der Waals surface area contributed by atoms with E-state index in [1.807, 2.05) is 0 Å². The number of hydrogen-bond donors (Lipinski definition) is 0. The highest BCUT2D eigenvalue weighted by Crippen LogP contribution is 2.36. The molecular weight excluding hydrogens is 262 g/mol. The van der Waals surface area contributed by atoms with Crippen molar-refractivity contribution in [3.05, 3.63) is 16.1 Å². The Labute approximate surface area is 118 Å². The maximum atomic E-state index is 12.0. The van der Waals surface area contributed by atoms with Crippen molar-refractivity contribution in [2.24, 2.45) is 0 Å². The van der Waals surface area contributed by atoms with Gasteiger partial charge < -0.3 is 9.47 Å².